The van der Waals surface area contributed by atoms with Crippen LogP contribution in [-0.4, -0.2) is 4.98 Å². The Morgan fingerprint density at radius 3 is 2.86 bits per heavy atom. The van der Waals surface area contributed by atoms with E-state index in [1.54, 1.807) is 0 Å². The lowest BCUT2D eigenvalue weighted by atomic mass is 10.1. The molecule has 14 heavy (non-hydrogen) atoms. The van der Waals surface area contributed by atoms with Crippen molar-refractivity contribution in [2.24, 2.45) is 5.73 Å². The van der Waals surface area contributed by atoms with Crippen molar-refractivity contribution in [1.29, 1.82) is 0 Å². The second-order valence-corrected chi connectivity index (χ2v) is 4.88. The normalized spacial score (nSPS) is 18.7. The monoisotopic (exact) mass is 250 g/mol. The predicted octanol–water partition coefficient (Wildman–Crippen LogP) is 2.88. The Kier molecular flexibility index (Phi) is 1.59. The maximum absolute atomic E-state index is 6.19. The van der Waals surface area contributed by atoms with E-state index >= 15 is 0 Å². The fourth-order valence-electron chi connectivity index (χ4n) is 1.93. The lowest BCUT2D eigenvalue weighted by molar-refractivity contribution is 0.747. The highest BCUT2D eigenvalue weighted by molar-refractivity contribution is 9.10. The molecule has 72 valence electrons. The molecule has 3 N–H and O–H groups in total. The fraction of sp³-hybridized carbons (Fsp3) is 0.273. The molecule has 0 saturated heterocycles. The van der Waals surface area contributed by atoms with E-state index in [0.717, 1.165) is 22.8 Å². The third-order valence-electron chi connectivity index (χ3n) is 2.99. The molecule has 1 saturated carbocycles. The molecule has 0 aliphatic heterocycles. The number of rotatable bonds is 1. The molecule has 1 aliphatic carbocycles. The van der Waals surface area contributed by atoms with Gasteiger partial charge in [-0.15, -0.1) is 0 Å². The molecule has 1 heterocycles. The Balaban J connectivity index is 2.32. The zero-order valence-corrected chi connectivity index (χ0v) is 9.26. The van der Waals surface area contributed by atoms with E-state index < -0.39 is 0 Å². The quantitative estimate of drug-likeness (QED) is 0.803. The molecule has 3 rings (SSSR count). The van der Waals surface area contributed by atoms with E-state index in [1.165, 1.54) is 10.9 Å². The standard InChI is InChI=1S/C11H11BrN2/c12-9-3-1-2-7-8(6-14-10(7)9)11(13)4-5-11/h1-3,6,14H,4-5,13H2. The minimum Gasteiger partial charge on any atom is -0.360 e. The van der Waals surface area contributed by atoms with Gasteiger partial charge in [0.15, 0.2) is 0 Å². The number of hydrogen-bond acceptors (Lipinski definition) is 1. The Morgan fingerprint density at radius 2 is 2.14 bits per heavy atom. The second-order valence-electron chi connectivity index (χ2n) is 4.02. The summed E-state index contributed by atoms with van der Waals surface area (Å²) in [6.07, 6.45) is 4.25. The van der Waals surface area contributed by atoms with E-state index in [2.05, 4.69) is 33.0 Å². The first-order valence-electron chi connectivity index (χ1n) is 4.76. The number of H-pyrrole nitrogens is 1. The molecule has 1 fully saturated rings. The average Bonchev–Trinajstić information content (AvgIpc) is 2.77. The lowest BCUT2D eigenvalue weighted by Crippen LogP contribution is -2.17. The van der Waals surface area contributed by atoms with Crippen LogP contribution in [0.3, 0.4) is 0 Å². The minimum atomic E-state index is -0.0565. The van der Waals surface area contributed by atoms with Crippen molar-refractivity contribution in [1.82, 2.24) is 4.98 Å². The molecule has 0 unspecified atom stereocenters. The maximum atomic E-state index is 6.19. The Bertz CT molecular complexity index is 497. The fourth-order valence-corrected chi connectivity index (χ4v) is 2.41. The van der Waals surface area contributed by atoms with Crippen molar-refractivity contribution in [2.45, 2.75) is 18.4 Å². The van der Waals surface area contributed by atoms with Gasteiger partial charge in [0, 0.05) is 21.6 Å². The van der Waals surface area contributed by atoms with E-state index in [0.29, 0.717) is 0 Å². The molecule has 1 aliphatic rings. The first kappa shape index (κ1) is 8.50. The summed E-state index contributed by atoms with van der Waals surface area (Å²) in [5.74, 6) is 0. The van der Waals surface area contributed by atoms with Crippen LogP contribution in [0.25, 0.3) is 10.9 Å². The molecule has 2 aromatic rings. The number of benzene rings is 1. The summed E-state index contributed by atoms with van der Waals surface area (Å²) < 4.78 is 1.10. The Labute approximate surface area is 90.6 Å². The number of aromatic amines is 1. The zero-order chi connectivity index (χ0) is 9.76. The van der Waals surface area contributed by atoms with Crippen molar-refractivity contribution in [2.75, 3.05) is 0 Å². The van der Waals surface area contributed by atoms with E-state index in [-0.39, 0.29) is 5.54 Å². The third kappa shape index (κ3) is 1.06. The summed E-state index contributed by atoms with van der Waals surface area (Å²) in [6, 6.07) is 6.22. The van der Waals surface area contributed by atoms with Crippen LogP contribution in [0.4, 0.5) is 0 Å². The van der Waals surface area contributed by atoms with Gasteiger partial charge in [-0.25, -0.2) is 0 Å². The molecular formula is C11H11BrN2. The summed E-state index contributed by atoms with van der Waals surface area (Å²) in [5, 5.41) is 1.25. The van der Waals surface area contributed by atoms with Crippen molar-refractivity contribution < 1.29 is 0 Å². The molecule has 1 aromatic heterocycles. The van der Waals surface area contributed by atoms with Gasteiger partial charge in [-0.3, -0.25) is 0 Å². The van der Waals surface area contributed by atoms with Crippen LogP contribution < -0.4 is 5.73 Å². The smallest absolute Gasteiger partial charge is 0.0601 e. The van der Waals surface area contributed by atoms with Gasteiger partial charge >= 0.3 is 0 Å². The van der Waals surface area contributed by atoms with Gasteiger partial charge in [0.05, 0.1) is 5.52 Å². The van der Waals surface area contributed by atoms with E-state index in [1.807, 2.05) is 12.3 Å². The SMILES string of the molecule is NC1(c2c[nH]c3c(Br)cccc23)CC1. The highest BCUT2D eigenvalue weighted by atomic mass is 79.9. The number of nitrogens with one attached hydrogen (secondary N) is 1. The van der Waals surface area contributed by atoms with Crippen LogP contribution >= 0.6 is 15.9 Å². The first-order chi connectivity index (χ1) is 6.71. The van der Waals surface area contributed by atoms with Crippen molar-refractivity contribution in [3.8, 4) is 0 Å². The highest BCUT2D eigenvalue weighted by Gasteiger charge is 2.41. The van der Waals surface area contributed by atoms with Crippen molar-refractivity contribution >= 4 is 26.8 Å². The number of fused-ring (bicyclic) bond motifs is 1. The minimum absolute atomic E-state index is 0.0565. The van der Waals surface area contributed by atoms with Crippen LogP contribution in [-0.2, 0) is 5.54 Å². The molecule has 0 radical (unpaired) electrons. The summed E-state index contributed by atoms with van der Waals surface area (Å²) in [4.78, 5) is 3.28. The zero-order valence-electron chi connectivity index (χ0n) is 7.68. The third-order valence-corrected chi connectivity index (χ3v) is 3.65. The van der Waals surface area contributed by atoms with Crippen molar-refractivity contribution in [3.63, 3.8) is 0 Å². The van der Waals surface area contributed by atoms with Gasteiger partial charge in [-0.2, -0.15) is 0 Å². The molecular weight excluding hydrogens is 240 g/mol. The second kappa shape index (κ2) is 2.61. The van der Waals surface area contributed by atoms with Crippen LogP contribution in [0, 0.1) is 0 Å². The summed E-state index contributed by atoms with van der Waals surface area (Å²) >= 11 is 3.53. The number of hydrogen-bond donors (Lipinski definition) is 2. The molecule has 0 amide bonds. The lowest BCUT2D eigenvalue weighted by Gasteiger charge is -2.06. The van der Waals surface area contributed by atoms with Gasteiger partial charge in [-0.05, 0) is 40.4 Å². The van der Waals surface area contributed by atoms with Gasteiger partial charge in [0.25, 0.3) is 0 Å². The topological polar surface area (TPSA) is 41.8 Å². The average molecular weight is 251 g/mol. The summed E-state index contributed by atoms with van der Waals surface area (Å²) in [6.45, 7) is 0. The van der Waals surface area contributed by atoms with Crippen LogP contribution in [0.2, 0.25) is 0 Å². The predicted molar refractivity (Wildman–Crippen MR) is 61.1 cm³/mol. The number of halogens is 1. The van der Waals surface area contributed by atoms with Gasteiger partial charge in [0.1, 0.15) is 0 Å². The largest absolute Gasteiger partial charge is 0.360 e. The number of aromatic nitrogens is 1. The van der Waals surface area contributed by atoms with Crippen LogP contribution in [0.1, 0.15) is 18.4 Å². The molecule has 1 aromatic carbocycles. The summed E-state index contributed by atoms with van der Waals surface area (Å²) in [5.41, 5.74) is 8.55. The molecule has 0 spiro atoms. The molecule has 0 atom stereocenters. The number of para-hydroxylation sites is 1. The van der Waals surface area contributed by atoms with E-state index in [9.17, 15) is 0 Å². The number of nitrogens with two attached hydrogens (primary N) is 1. The Hall–Kier alpha value is -0.800. The maximum Gasteiger partial charge on any atom is 0.0601 e. The van der Waals surface area contributed by atoms with Crippen LogP contribution in [0.15, 0.2) is 28.9 Å². The van der Waals surface area contributed by atoms with E-state index in [4.69, 9.17) is 5.73 Å². The van der Waals surface area contributed by atoms with Crippen molar-refractivity contribution in [3.05, 3.63) is 34.4 Å². The van der Waals surface area contributed by atoms with Gasteiger partial charge in [0.2, 0.25) is 0 Å². The first-order valence-corrected chi connectivity index (χ1v) is 5.55. The molecule has 2 nitrogen and oxygen atoms in total. The Morgan fingerprint density at radius 1 is 1.36 bits per heavy atom. The summed E-state index contributed by atoms with van der Waals surface area (Å²) in [7, 11) is 0. The van der Waals surface area contributed by atoms with Gasteiger partial charge in [-0.1, -0.05) is 12.1 Å². The molecule has 0 bridgehead atoms. The molecule has 3 heteroatoms. The highest BCUT2D eigenvalue weighted by Crippen LogP contribution is 2.45. The van der Waals surface area contributed by atoms with Crippen LogP contribution in [0.5, 0.6) is 0 Å². The van der Waals surface area contributed by atoms with Gasteiger partial charge < -0.3 is 10.7 Å².